The smallest absolute Gasteiger partial charge is 0.355 e. The molecule has 204 valence electrons. The second kappa shape index (κ2) is 11.5. The Morgan fingerprint density at radius 1 is 1.15 bits per heavy atom. The van der Waals surface area contributed by atoms with Crippen LogP contribution in [0.2, 0.25) is 0 Å². The average molecular weight is 623 g/mol. The van der Waals surface area contributed by atoms with E-state index >= 15 is 0 Å². The van der Waals surface area contributed by atoms with Crippen LogP contribution in [0, 0.1) is 6.92 Å². The average Bonchev–Trinajstić information content (AvgIpc) is 2.94. The van der Waals surface area contributed by atoms with Crippen LogP contribution >= 0.6 is 27.7 Å². The fourth-order valence-corrected chi connectivity index (χ4v) is 6.72. The van der Waals surface area contributed by atoms with E-state index in [1.54, 1.807) is 12.3 Å². The Bertz CT molecular complexity index is 1740. The fourth-order valence-electron chi connectivity index (χ4n) is 5.50. The Balaban J connectivity index is 1.83. The van der Waals surface area contributed by atoms with Gasteiger partial charge in [-0.3, -0.25) is 0 Å². The van der Waals surface area contributed by atoms with Crippen molar-refractivity contribution in [3.05, 3.63) is 82.1 Å². The zero-order chi connectivity index (χ0) is 29.6. The van der Waals surface area contributed by atoms with Gasteiger partial charge >= 0.3 is 5.69 Å². The Kier molecular flexibility index (Phi) is 8.21. The van der Waals surface area contributed by atoms with Gasteiger partial charge in [0.05, 0.1) is 16.8 Å². The van der Waals surface area contributed by atoms with Gasteiger partial charge in [0.25, 0.3) is 0 Å². The second-order valence-corrected chi connectivity index (χ2v) is 11.8. The highest BCUT2D eigenvalue weighted by atomic mass is 79.9. The van der Waals surface area contributed by atoms with Crippen LogP contribution in [0.4, 0.5) is 5.82 Å². The van der Waals surface area contributed by atoms with Gasteiger partial charge in [0, 0.05) is 42.0 Å². The van der Waals surface area contributed by atoms with Gasteiger partial charge in [-0.05, 0) is 66.2 Å². The highest BCUT2D eigenvalue weighted by molar-refractivity contribution is 9.10. The second-order valence-electron chi connectivity index (χ2n) is 10.2. The molecule has 0 spiro atoms. The van der Waals surface area contributed by atoms with Crippen molar-refractivity contribution in [1.82, 2.24) is 24.4 Å². The maximum absolute atomic E-state index is 14.0. The molecular weight excluding hydrogens is 594 g/mol. The van der Waals surface area contributed by atoms with Gasteiger partial charge in [-0.1, -0.05) is 48.3 Å². The summed E-state index contributed by atoms with van der Waals surface area (Å²) in [6.07, 6.45) is 5.41. The molecule has 1 aliphatic heterocycles. The van der Waals surface area contributed by atoms with Crippen molar-refractivity contribution in [2.24, 2.45) is 0 Å². The number of piperazine rings is 1. The summed E-state index contributed by atoms with van der Waals surface area (Å²) in [5, 5.41) is 0.663. The Morgan fingerprint density at radius 3 is 2.59 bits per heavy atom. The van der Waals surface area contributed by atoms with Crippen molar-refractivity contribution in [2.45, 2.75) is 37.8 Å². The molecule has 1 unspecified atom stereocenters. The minimum Gasteiger partial charge on any atom is -0.365 e. The molecule has 4 heterocycles. The number of hydrogen-bond acceptors (Lipinski definition) is 7. The van der Waals surface area contributed by atoms with Crippen molar-refractivity contribution in [3.63, 3.8) is 0 Å². The first kappa shape index (κ1) is 29.2. The molecule has 4 radical (unpaired) electrons. The third kappa shape index (κ3) is 5.14. The maximum Gasteiger partial charge on any atom is 0.355 e. The number of halogens is 1. The van der Waals surface area contributed by atoms with E-state index in [1.807, 2.05) is 43.5 Å². The minimum absolute atomic E-state index is 0.0219. The number of rotatable bonds is 6. The minimum atomic E-state index is -0.463. The van der Waals surface area contributed by atoms with Crippen molar-refractivity contribution in [1.29, 1.82) is 0 Å². The molecule has 0 N–H and O–H groups in total. The number of anilines is 1. The van der Waals surface area contributed by atoms with Gasteiger partial charge in [0.15, 0.2) is 5.65 Å². The number of benzene rings is 1. The van der Waals surface area contributed by atoms with Crippen LogP contribution in [0.1, 0.15) is 19.4 Å². The van der Waals surface area contributed by atoms with Crippen LogP contribution in [0.15, 0.2) is 75.8 Å². The molecule has 3 aromatic heterocycles. The number of thioether (sulfide) groups is 1. The first-order valence-corrected chi connectivity index (χ1v) is 15.2. The van der Waals surface area contributed by atoms with E-state index in [0.29, 0.717) is 56.9 Å². The Hall–Kier alpha value is -3.30. The molecule has 7 nitrogen and oxygen atoms in total. The number of aromatic nitrogens is 4. The molecule has 1 aliphatic rings. The van der Waals surface area contributed by atoms with E-state index in [4.69, 9.17) is 20.7 Å². The third-order valence-electron chi connectivity index (χ3n) is 7.57. The fraction of sp³-hybridized carbons (Fsp3) is 0.267. The van der Waals surface area contributed by atoms with E-state index in [9.17, 15) is 4.79 Å². The first-order chi connectivity index (χ1) is 19.6. The number of pyridine rings is 2. The summed E-state index contributed by atoms with van der Waals surface area (Å²) in [5.41, 5.74) is 4.58. The van der Waals surface area contributed by atoms with E-state index in [1.165, 1.54) is 16.3 Å². The molecule has 11 heteroatoms. The van der Waals surface area contributed by atoms with Gasteiger partial charge in [0.1, 0.15) is 26.1 Å². The van der Waals surface area contributed by atoms with Gasteiger partial charge in [0.2, 0.25) is 0 Å². The number of nitrogens with zero attached hydrogens (tertiary/aromatic N) is 6. The van der Waals surface area contributed by atoms with Crippen molar-refractivity contribution in [2.75, 3.05) is 24.2 Å². The van der Waals surface area contributed by atoms with Crippen molar-refractivity contribution < 1.29 is 0 Å². The van der Waals surface area contributed by atoms with E-state index in [-0.39, 0.29) is 12.1 Å². The van der Waals surface area contributed by atoms with Crippen LogP contribution in [-0.2, 0) is 0 Å². The topological polar surface area (TPSA) is 67.2 Å². The molecule has 2 atom stereocenters. The molecule has 1 aromatic carbocycles. The van der Waals surface area contributed by atoms with Crippen LogP contribution < -0.4 is 21.5 Å². The molecule has 1 fully saturated rings. The normalized spacial score (nSPS) is 17.2. The molecule has 1 saturated heterocycles. The maximum atomic E-state index is 14.0. The highest BCUT2D eigenvalue weighted by Gasteiger charge is 2.32. The highest BCUT2D eigenvalue weighted by Crippen LogP contribution is 2.34. The van der Waals surface area contributed by atoms with Crippen LogP contribution in [-0.4, -0.2) is 71.5 Å². The van der Waals surface area contributed by atoms with E-state index in [2.05, 4.69) is 62.7 Å². The quantitative estimate of drug-likeness (QED) is 0.140. The zero-order valence-corrected chi connectivity index (χ0v) is 26.0. The number of allylic oxidation sites excluding steroid dienone is 1. The van der Waals surface area contributed by atoms with Crippen LogP contribution in [0.3, 0.4) is 0 Å². The first-order valence-electron chi connectivity index (χ1n) is 13.2. The molecular formula is C30H29B2BrN6OS. The van der Waals surface area contributed by atoms with Crippen LogP contribution in [0.25, 0.3) is 28.0 Å². The summed E-state index contributed by atoms with van der Waals surface area (Å²) >= 11 is 5.07. The van der Waals surface area contributed by atoms with E-state index in [0.717, 1.165) is 21.7 Å². The zero-order valence-electron chi connectivity index (χ0n) is 23.6. The molecule has 4 aromatic rings. The Morgan fingerprint density at radius 2 is 1.90 bits per heavy atom. The molecule has 41 heavy (non-hydrogen) atoms. The SMILES string of the molecule is [B]c1cc2c(N3C[C@@H](C)N(C(=C)C=C)CC3C)nc(=O)n(-c3c(SC)ccnc3Br)c2nc1-c1c([B])cccc1C. The molecule has 5 rings (SSSR count). The number of fused-ring (bicyclic) bond motifs is 1. The summed E-state index contributed by atoms with van der Waals surface area (Å²) < 4.78 is 2.03. The number of hydrogen-bond donors (Lipinski definition) is 0. The molecule has 0 amide bonds. The van der Waals surface area contributed by atoms with Gasteiger partial charge in [-0.25, -0.2) is 19.3 Å². The monoisotopic (exact) mass is 622 g/mol. The predicted octanol–water partition coefficient (Wildman–Crippen LogP) is 3.82. The lowest BCUT2D eigenvalue weighted by molar-refractivity contribution is 0.221. The summed E-state index contributed by atoms with van der Waals surface area (Å²) in [4.78, 5) is 33.4. The number of aryl methyl sites for hydroxylation is 1. The summed E-state index contributed by atoms with van der Waals surface area (Å²) in [7, 11) is 13.1. The largest absolute Gasteiger partial charge is 0.365 e. The van der Waals surface area contributed by atoms with Crippen molar-refractivity contribution in [3.8, 4) is 16.9 Å². The lowest BCUT2D eigenvalue weighted by Gasteiger charge is -2.46. The van der Waals surface area contributed by atoms with Gasteiger partial charge in [-0.2, -0.15) is 4.98 Å². The lowest BCUT2D eigenvalue weighted by atomic mass is 9.81. The third-order valence-corrected chi connectivity index (χ3v) is 8.92. The van der Waals surface area contributed by atoms with E-state index < -0.39 is 5.69 Å². The summed E-state index contributed by atoms with van der Waals surface area (Å²) in [5.74, 6) is 0.540. The lowest BCUT2D eigenvalue weighted by Crippen LogP contribution is -2.56. The molecule has 0 aliphatic carbocycles. The van der Waals surface area contributed by atoms with Crippen molar-refractivity contribution >= 4 is 71.2 Å². The molecule has 0 bridgehead atoms. The predicted molar refractivity (Wildman–Crippen MR) is 176 cm³/mol. The standard InChI is InChI=1S/C30H29B2BrN6OS/c1-7-17(3)37-14-19(5)38(15-18(37)4)28-20-13-22(32)25(24-16(2)9-8-10-21(24)31)35-29(20)39(30(40)36-28)26-23(41-6)11-12-34-27(26)33/h7-13,18-19H,1,3,14-15H2,2,4-6H3/t18-,19?/m1/s1. The summed E-state index contributed by atoms with van der Waals surface area (Å²) in [6, 6.07) is 9.54. The molecule has 0 saturated carbocycles. The Labute approximate surface area is 255 Å². The van der Waals surface area contributed by atoms with Gasteiger partial charge in [-0.15, -0.1) is 11.8 Å². The summed E-state index contributed by atoms with van der Waals surface area (Å²) in [6.45, 7) is 15.6. The van der Waals surface area contributed by atoms with Gasteiger partial charge < -0.3 is 9.80 Å². The van der Waals surface area contributed by atoms with Crippen LogP contribution in [0.5, 0.6) is 0 Å².